The summed E-state index contributed by atoms with van der Waals surface area (Å²) in [5, 5.41) is 0. The quantitative estimate of drug-likeness (QED) is 0.0141. The molecule has 4 aromatic carbocycles. The minimum atomic E-state index is -0.577. The Morgan fingerprint density at radius 2 is 1.05 bits per heavy atom. The molecule has 0 aliphatic carbocycles. The molecule has 0 unspecified atom stereocenters. The van der Waals surface area contributed by atoms with Crippen molar-refractivity contribution < 1.29 is 57.4 Å². The summed E-state index contributed by atoms with van der Waals surface area (Å²) >= 11 is 0. The van der Waals surface area contributed by atoms with E-state index in [1.807, 2.05) is 37.3 Å². The van der Waals surface area contributed by atoms with Gasteiger partial charge in [0.2, 0.25) is 0 Å². The van der Waals surface area contributed by atoms with E-state index in [0.29, 0.717) is 49.2 Å². The third-order valence-corrected chi connectivity index (χ3v) is 8.69. The van der Waals surface area contributed by atoms with Gasteiger partial charge in [-0.05, 0) is 154 Å². The topological polar surface area (TPSA) is 142 Å². The van der Waals surface area contributed by atoms with Crippen LogP contribution in [0.2, 0.25) is 0 Å². The maximum Gasteiger partial charge on any atom is 0.343 e. The first kappa shape index (κ1) is 46.0. The number of aryl methyl sites for hydroxylation is 1. The first-order valence-corrected chi connectivity index (χ1v) is 19.9. The van der Waals surface area contributed by atoms with E-state index in [4.69, 9.17) is 38.2 Å². The molecule has 0 aliphatic heterocycles. The van der Waals surface area contributed by atoms with E-state index < -0.39 is 23.9 Å². The number of esters is 4. The molecule has 0 atom stereocenters. The summed E-state index contributed by atoms with van der Waals surface area (Å²) in [6.45, 7) is 10.8. The number of carbonyl (C=O) groups excluding carboxylic acids is 4. The van der Waals surface area contributed by atoms with E-state index in [2.05, 4.69) is 13.2 Å². The van der Waals surface area contributed by atoms with Crippen LogP contribution in [-0.2, 0) is 35.4 Å². The molecule has 4 aromatic rings. The van der Waals surface area contributed by atoms with E-state index in [1.54, 1.807) is 54.6 Å². The summed E-state index contributed by atoms with van der Waals surface area (Å²) in [5.74, 6) is 0.622. The van der Waals surface area contributed by atoms with Crippen molar-refractivity contribution >= 4 is 30.0 Å². The standard InChI is InChI=1S/C48H52O12/c1-4-45(49)55-32-12-8-6-10-30-53-40-20-14-38(15-21-40)35-57-60-44-28-16-37(34-36(44)3)17-29-47(51)58-42-24-26-43(27-25-42)59-48(52)39-18-22-41(23-19-39)54-31-11-7-9-13-33-56-46(50)5-2/h4-5,14-29,34H,1-2,6-13,30-33,35H2,3H3/b29-17+. The Morgan fingerprint density at radius 1 is 0.550 bits per heavy atom. The van der Waals surface area contributed by atoms with Crippen LogP contribution in [0.4, 0.5) is 0 Å². The Kier molecular flexibility index (Phi) is 20.2. The zero-order valence-corrected chi connectivity index (χ0v) is 34.0. The van der Waals surface area contributed by atoms with Gasteiger partial charge in [0, 0.05) is 18.2 Å². The Balaban J connectivity index is 1.09. The lowest BCUT2D eigenvalue weighted by molar-refractivity contribution is -0.217. The number of hydrogen-bond acceptors (Lipinski definition) is 12. The van der Waals surface area contributed by atoms with Gasteiger partial charge in [-0.15, -0.1) is 0 Å². The molecule has 0 fully saturated rings. The molecular formula is C48H52O12. The third kappa shape index (κ3) is 17.9. The van der Waals surface area contributed by atoms with E-state index in [-0.39, 0.29) is 12.4 Å². The third-order valence-electron chi connectivity index (χ3n) is 8.69. The molecule has 12 nitrogen and oxygen atoms in total. The number of unbranched alkanes of at least 4 members (excludes halogenated alkanes) is 6. The molecule has 0 aliphatic rings. The van der Waals surface area contributed by atoms with Crippen molar-refractivity contribution in [2.45, 2.75) is 64.9 Å². The molecule has 0 radical (unpaired) electrons. The fourth-order valence-corrected chi connectivity index (χ4v) is 5.41. The van der Waals surface area contributed by atoms with Crippen molar-refractivity contribution in [2.75, 3.05) is 26.4 Å². The van der Waals surface area contributed by atoms with Crippen molar-refractivity contribution in [3.05, 3.63) is 145 Å². The second kappa shape index (κ2) is 26.4. The normalized spacial score (nSPS) is 10.7. The zero-order chi connectivity index (χ0) is 42.8. The average molecular weight is 821 g/mol. The summed E-state index contributed by atoms with van der Waals surface area (Å²) in [4.78, 5) is 58.3. The lowest BCUT2D eigenvalue weighted by Crippen LogP contribution is -2.08. The molecule has 0 saturated heterocycles. The van der Waals surface area contributed by atoms with Crippen LogP contribution in [0.5, 0.6) is 28.7 Å². The Labute approximate surface area is 351 Å². The molecule has 0 amide bonds. The van der Waals surface area contributed by atoms with Crippen molar-refractivity contribution in [1.29, 1.82) is 0 Å². The number of rotatable bonds is 27. The average Bonchev–Trinajstić information content (AvgIpc) is 3.26. The van der Waals surface area contributed by atoms with Gasteiger partial charge in [0.05, 0.1) is 32.0 Å². The number of hydrogen-bond donors (Lipinski definition) is 0. The van der Waals surface area contributed by atoms with Gasteiger partial charge in [0.1, 0.15) is 29.6 Å². The highest BCUT2D eigenvalue weighted by atomic mass is 17.2. The van der Waals surface area contributed by atoms with E-state index in [1.165, 1.54) is 24.3 Å². The van der Waals surface area contributed by atoms with Crippen molar-refractivity contribution in [1.82, 2.24) is 0 Å². The fraction of sp³-hybridized carbons (Fsp3) is 0.292. The maximum absolute atomic E-state index is 12.7. The van der Waals surface area contributed by atoms with E-state index in [9.17, 15) is 19.2 Å². The molecule has 316 valence electrons. The monoisotopic (exact) mass is 820 g/mol. The van der Waals surface area contributed by atoms with Crippen LogP contribution in [0.3, 0.4) is 0 Å². The lowest BCUT2D eigenvalue weighted by atomic mass is 10.1. The minimum absolute atomic E-state index is 0.236. The number of ether oxygens (including phenoxy) is 6. The van der Waals surface area contributed by atoms with Gasteiger partial charge in [0.25, 0.3) is 0 Å². The van der Waals surface area contributed by atoms with Crippen LogP contribution in [0.1, 0.15) is 78.4 Å². The molecule has 0 saturated carbocycles. The summed E-state index contributed by atoms with van der Waals surface area (Å²) in [5.41, 5.74) is 2.85. The smallest absolute Gasteiger partial charge is 0.343 e. The highest BCUT2D eigenvalue weighted by Gasteiger charge is 2.11. The second-order valence-electron chi connectivity index (χ2n) is 13.4. The first-order valence-electron chi connectivity index (χ1n) is 19.9. The van der Waals surface area contributed by atoms with Crippen LogP contribution >= 0.6 is 0 Å². The van der Waals surface area contributed by atoms with Gasteiger partial charge >= 0.3 is 23.9 Å². The molecular weight excluding hydrogens is 769 g/mol. The maximum atomic E-state index is 12.7. The van der Waals surface area contributed by atoms with Gasteiger partial charge in [-0.2, -0.15) is 4.89 Å². The van der Waals surface area contributed by atoms with Crippen LogP contribution in [-0.4, -0.2) is 50.3 Å². The minimum Gasteiger partial charge on any atom is -0.494 e. The highest BCUT2D eigenvalue weighted by molar-refractivity contribution is 5.91. The van der Waals surface area contributed by atoms with Gasteiger partial charge in [-0.3, -0.25) is 0 Å². The van der Waals surface area contributed by atoms with Crippen molar-refractivity contribution in [3.63, 3.8) is 0 Å². The molecule has 12 heteroatoms. The Bertz CT molecular complexity index is 2000. The fourth-order valence-electron chi connectivity index (χ4n) is 5.41. The van der Waals surface area contributed by atoms with E-state index in [0.717, 1.165) is 79.9 Å². The van der Waals surface area contributed by atoms with Crippen LogP contribution in [0, 0.1) is 6.92 Å². The SMILES string of the molecule is C=CC(=O)OCCCCCCOc1ccc(COOc2ccc(/C=C/C(=O)Oc3ccc(OC(=O)c4ccc(OCCCCCCOC(=O)C=C)cc4)cc3)cc2C)cc1. The molecule has 60 heavy (non-hydrogen) atoms. The Morgan fingerprint density at radius 3 is 1.58 bits per heavy atom. The lowest BCUT2D eigenvalue weighted by Gasteiger charge is -2.10. The van der Waals surface area contributed by atoms with Gasteiger partial charge in [-0.1, -0.05) is 31.4 Å². The van der Waals surface area contributed by atoms with Gasteiger partial charge in [0.15, 0.2) is 5.75 Å². The predicted octanol–water partition coefficient (Wildman–Crippen LogP) is 9.68. The predicted molar refractivity (Wildman–Crippen MR) is 226 cm³/mol. The molecule has 0 bridgehead atoms. The molecule has 4 rings (SSSR count). The summed E-state index contributed by atoms with van der Waals surface area (Å²) in [7, 11) is 0. The van der Waals surface area contributed by atoms with Crippen LogP contribution in [0.15, 0.2) is 122 Å². The largest absolute Gasteiger partial charge is 0.494 e. The highest BCUT2D eigenvalue weighted by Crippen LogP contribution is 2.23. The first-order chi connectivity index (χ1) is 29.2. The Hall–Kier alpha value is -6.66. The zero-order valence-electron chi connectivity index (χ0n) is 34.0. The van der Waals surface area contributed by atoms with Gasteiger partial charge < -0.3 is 33.3 Å². The molecule has 0 N–H and O–H groups in total. The summed E-state index contributed by atoms with van der Waals surface area (Å²) in [6.07, 6.45) is 12.4. The molecule has 0 aromatic heterocycles. The van der Waals surface area contributed by atoms with E-state index >= 15 is 0 Å². The van der Waals surface area contributed by atoms with Crippen LogP contribution < -0.4 is 23.8 Å². The van der Waals surface area contributed by atoms with Crippen molar-refractivity contribution in [3.8, 4) is 28.7 Å². The molecule has 0 spiro atoms. The van der Waals surface area contributed by atoms with Crippen LogP contribution in [0.25, 0.3) is 6.08 Å². The van der Waals surface area contributed by atoms with Crippen molar-refractivity contribution in [2.24, 2.45) is 0 Å². The molecule has 0 heterocycles. The van der Waals surface area contributed by atoms with Gasteiger partial charge in [-0.25, -0.2) is 19.2 Å². The summed E-state index contributed by atoms with van der Waals surface area (Å²) < 4.78 is 32.4. The summed E-state index contributed by atoms with van der Waals surface area (Å²) in [6, 6.07) is 25.9. The number of benzene rings is 4. The second-order valence-corrected chi connectivity index (χ2v) is 13.4. The number of carbonyl (C=O) groups is 4.